The highest BCUT2D eigenvalue weighted by atomic mass is 32.3. The number of hydrogen-bond acceptors (Lipinski definition) is 3. The maximum absolute atomic E-state index is 9.33. The second kappa shape index (κ2) is 3.32. The highest BCUT2D eigenvalue weighted by molar-refractivity contribution is 7.80. The van der Waals surface area contributed by atoms with Crippen LogP contribution >= 0.6 is 9.90 Å². The molecule has 0 saturated heterocycles. The molecular weight excluding hydrogens is 139 g/mol. The van der Waals surface area contributed by atoms with Crippen LogP contribution < -0.4 is 0 Å². The predicted molar refractivity (Wildman–Crippen MR) is 29.7 cm³/mol. The summed E-state index contributed by atoms with van der Waals surface area (Å²) >= 11 is 0. The molecule has 0 saturated carbocycles. The van der Waals surface area contributed by atoms with Gasteiger partial charge in [-0.25, -0.2) is 0 Å². The van der Waals surface area contributed by atoms with E-state index < -0.39 is 10.4 Å². The van der Waals surface area contributed by atoms with E-state index in [1.165, 1.54) is 0 Å². The van der Waals surface area contributed by atoms with Crippen LogP contribution in [0.3, 0.4) is 0 Å². The lowest BCUT2D eigenvalue weighted by molar-refractivity contribution is 0.324. The molecule has 0 bridgehead atoms. The Balaban J connectivity index is 0. The maximum Gasteiger partial charge on any atom is 0.397 e. The lowest BCUT2D eigenvalue weighted by atomic mass is 11.8. The smallest absolute Gasteiger partial charge is 0.264 e. The summed E-state index contributed by atoms with van der Waals surface area (Å²) in [5, 5.41) is 0. The second-order valence-corrected chi connectivity index (χ2v) is 1.78. The summed E-state index contributed by atoms with van der Waals surface area (Å²) in [5.74, 6) is 0. The molecule has 0 amide bonds. The van der Waals surface area contributed by atoms with Crippen molar-refractivity contribution >= 4 is 20.3 Å². The molecule has 1 unspecified atom stereocenters. The molecule has 0 radical (unpaired) electrons. The van der Waals surface area contributed by atoms with Crippen LogP contribution in [0.15, 0.2) is 0 Å². The van der Waals surface area contributed by atoms with Crippen LogP contribution in [-0.2, 0) is 14.6 Å². The van der Waals surface area contributed by atoms with E-state index >= 15 is 0 Å². The first-order valence-electron chi connectivity index (χ1n) is 1.09. The highest BCUT2D eigenvalue weighted by Crippen LogP contribution is 1.74. The van der Waals surface area contributed by atoms with Gasteiger partial charge in [0.05, 0.1) is 7.11 Å². The Morgan fingerprint density at radius 2 is 1.71 bits per heavy atom. The fraction of sp³-hybridized carbons (Fsp3) is 1.00. The van der Waals surface area contributed by atoms with Gasteiger partial charge < -0.3 is 0 Å². The van der Waals surface area contributed by atoms with Gasteiger partial charge in [-0.15, -0.1) is 0 Å². The van der Waals surface area contributed by atoms with Crippen molar-refractivity contribution in [3.05, 3.63) is 0 Å². The molecule has 0 fully saturated rings. The van der Waals surface area contributed by atoms with E-state index in [0.717, 1.165) is 7.11 Å². The summed E-state index contributed by atoms with van der Waals surface area (Å²) in [6.45, 7) is 0. The average Bonchev–Trinajstić information content (AvgIpc) is 1.35. The molecule has 0 aliphatic heterocycles. The molecule has 0 spiro atoms. The minimum absolute atomic E-state index is 0. The molecule has 6 heteroatoms. The van der Waals surface area contributed by atoms with Crippen molar-refractivity contribution in [2.24, 2.45) is 0 Å². The first kappa shape index (κ1) is 10.3. The fourth-order valence-electron chi connectivity index (χ4n) is 0. The maximum atomic E-state index is 9.33. The summed E-state index contributed by atoms with van der Waals surface area (Å²) in [4.78, 5) is 0. The predicted octanol–water partition coefficient (Wildman–Crippen LogP) is -0.506. The lowest BCUT2D eigenvalue weighted by Crippen LogP contribution is -1.96. The van der Waals surface area contributed by atoms with E-state index in [2.05, 4.69) is 4.18 Å². The van der Waals surface area contributed by atoms with E-state index in [1.807, 2.05) is 0 Å². The van der Waals surface area contributed by atoms with Gasteiger partial charge in [0.25, 0.3) is 0 Å². The van der Waals surface area contributed by atoms with Crippen molar-refractivity contribution in [3.63, 3.8) is 0 Å². The minimum atomic E-state index is -4.16. The van der Waals surface area contributed by atoms with Crippen LogP contribution in [0.25, 0.3) is 0 Å². The van der Waals surface area contributed by atoms with Crippen LogP contribution in [0.4, 0.5) is 0 Å². The zero-order chi connectivity index (χ0) is 5.21. The third-order valence-electron chi connectivity index (χ3n) is 0.211. The molecule has 0 rings (SSSR count). The van der Waals surface area contributed by atoms with Gasteiger partial charge in [-0.2, -0.15) is 18.3 Å². The van der Waals surface area contributed by atoms with Gasteiger partial charge in [-0.1, -0.05) is 0 Å². The number of rotatable bonds is 1. The number of hydrogen-bond donors (Lipinski definition) is 1. The molecule has 1 atom stereocenters. The lowest BCUT2D eigenvalue weighted by Gasteiger charge is -1.82. The van der Waals surface area contributed by atoms with Crippen molar-refractivity contribution in [2.45, 2.75) is 0 Å². The first-order chi connectivity index (χ1) is 2.56. The quantitative estimate of drug-likeness (QED) is 0.400. The monoisotopic (exact) mass is 146 g/mol. The van der Waals surface area contributed by atoms with Crippen LogP contribution in [0.5, 0.6) is 0 Å². The molecule has 7 heavy (non-hydrogen) atoms. The van der Waals surface area contributed by atoms with Crippen LogP contribution in [0, 0.1) is 0 Å². The fourth-order valence-corrected chi connectivity index (χ4v) is 0. The van der Waals surface area contributed by atoms with Gasteiger partial charge in [0.1, 0.15) is 0 Å². The zero-order valence-electron chi connectivity index (χ0n) is 3.79. The summed E-state index contributed by atoms with van der Waals surface area (Å²) in [5.41, 5.74) is 0. The standard InChI is InChI=1S/CH4O4S.H3P/c1-5-6(2,3)4;/h1H3,(H,2,3,4);1H3. The Labute approximate surface area is 45.4 Å². The molecule has 0 aromatic carbocycles. The van der Waals surface area contributed by atoms with E-state index in [1.54, 1.807) is 0 Å². The Hall–Kier alpha value is 0.300. The first-order valence-corrected chi connectivity index (χ1v) is 2.46. The molecule has 0 aromatic heterocycles. The van der Waals surface area contributed by atoms with Crippen molar-refractivity contribution in [1.82, 2.24) is 0 Å². The molecule has 0 aromatic rings. The van der Waals surface area contributed by atoms with Gasteiger partial charge in [0.2, 0.25) is 0 Å². The third kappa shape index (κ3) is 10.7. The molecular formula is CH7O4PS. The van der Waals surface area contributed by atoms with Crippen LogP contribution in [-0.4, -0.2) is 20.1 Å². The Kier molecular flexibility index (Phi) is 4.89. The van der Waals surface area contributed by atoms with Gasteiger partial charge in [-0.3, -0.25) is 8.74 Å². The Morgan fingerprint density at radius 3 is 1.71 bits per heavy atom. The molecule has 4 nitrogen and oxygen atoms in total. The highest BCUT2D eigenvalue weighted by Gasteiger charge is 1.93. The van der Waals surface area contributed by atoms with E-state index in [4.69, 9.17) is 4.55 Å². The molecule has 0 aliphatic carbocycles. The summed E-state index contributed by atoms with van der Waals surface area (Å²) < 4.78 is 29.7. The van der Waals surface area contributed by atoms with Crippen LogP contribution in [0.1, 0.15) is 0 Å². The van der Waals surface area contributed by atoms with Crippen molar-refractivity contribution in [3.8, 4) is 0 Å². The summed E-state index contributed by atoms with van der Waals surface area (Å²) in [7, 11) is -3.29. The SMILES string of the molecule is COS(=O)(=O)O.P. The van der Waals surface area contributed by atoms with E-state index in [9.17, 15) is 8.42 Å². The largest absolute Gasteiger partial charge is 0.397 e. The Bertz CT molecular complexity index is 114. The topological polar surface area (TPSA) is 63.6 Å². The van der Waals surface area contributed by atoms with Gasteiger partial charge in [0, 0.05) is 0 Å². The van der Waals surface area contributed by atoms with Gasteiger partial charge in [0.15, 0.2) is 0 Å². The molecule has 1 N–H and O–H groups in total. The summed E-state index contributed by atoms with van der Waals surface area (Å²) in [6, 6.07) is 0. The minimum Gasteiger partial charge on any atom is -0.264 e. The Morgan fingerprint density at radius 1 is 1.57 bits per heavy atom. The molecule has 0 aliphatic rings. The van der Waals surface area contributed by atoms with Crippen molar-refractivity contribution in [1.29, 1.82) is 0 Å². The summed E-state index contributed by atoms with van der Waals surface area (Å²) in [6.07, 6.45) is 0. The van der Waals surface area contributed by atoms with Crippen LogP contribution in [0.2, 0.25) is 0 Å². The van der Waals surface area contributed by atoms with Crippen molar-refractivity contribution in [2.75, 3.05) is 7.11 Å². The van der Waals surface area contributed by atoms with Crippen molar-refractivity contribution < 1.29 is 17.2 Å². The van der Waals surface area contributed by atoms with Gasteiger partial charge in [-0.05, 0) is 0 Å². The third-order valence-corrected chi connectivity index (χ3v) is 0.632. The second-order valence-electron chi connectivity index (χ2n) is 0.594. The molecule has 0 heterocycles. The van der Waals surface area contributed by atoms with E-state index in [-0.39, 0.29) is 9.90 Å². The normalized spacial score (nSPS) is 10.0. The zero-order valence-corrected chi connectivity index (χ0v) is 6.02. The molecule has 46 valence electrons. The average molecular weight is 146 g/mol. The van der Waals surface area contributed by atoms with E-state index in [0.29, 0.717) is 0 Å². The van der Waals surface area contributed by atoms with Gasteiger partial charge >= 0.3 is 10.4 Å².